The summed E-state index contributed by atoms with van der Waals surface area (Å²) in [6.45, 7) is 1.87. The Hall–Kier alpha value is -3.49. The van der Waals surface area contributed by atoms with Gasteiger partial charge in [0.05, 0.1) is 17.7 Å². The monoisotopic (exact) mass is 344 g/mol. The summed E-state index contributed by atoms with van der Waals surface area (Å²) in [6, 6.07) is 9.59. The number of pyridine rings is 1. The van der Waals surface area contributed by atoms with E-state index in [4.69, 9.17) is 9.47 Å². The molecule has 0 radical (unpaired) electrons. The van der Waals surface area contributed by atoms with E-state index in [1.165, 1.54) is 24.5 Å². The lowest BCUT2D eigenvalue weighted by molar-refractivity contribution is -0.384. The number of anilines is 1. The minimum atomic E-state index is -0.541. The van der Waals surface area contributed by atoms with Crippen molar-refractivity contribution >= 4 is 23.7 Å². The summed E-state index contributed by atoms with van der Waals surface area (Å²) in [5.41, 5.74) is 3.10. The van der Waals surface area contributed by atoms with Crippen molar-refractivity contribution in [3.8, 4) is 5.75 Å². The molecule has 0 amide bonds. The van der Waals surface area contributed by atoms with Gasteiger partial charge < -0.3 is 9.47 Å². The normalized spacial score (nSPS) is 10.4. The summed E-state index contributed by atoms with van der Waals surface area (Å²) in [6.07, 6.45) is 2.91. The number of ether oxygens (including phenoxy) is 2. The maximum absolute atomic E-state index is 11.2. The van der Waals surface area contributed by atoms with E-state index in [1.54, 1.807) is 31.2 Å². The molecule has 0 atom stereocenters. The number of nitrogens with zero attached hydrogens (tertiary/aromatic N) is 3. The molecule has 0 saturated carbocycles. The van der Waals surface area contributed by atoms with Crippen molar-refractivity contribution in [3.63, 3.8) is 0 Å². The molecule has 1 heterocycles. The molecular weight excluding hydrogens is 328 g/mol. The molecule has 25 heavy (non-hydrogen) atoms. The van der Waals surface area contributed by atoms with Crippen molar-refractivity contribution < 1.29 is 19.2 Å². The van der Waals surface area contributed by atoms with E-state index in [1.807, 2.05) is 0 Å². The number of aromatic nitrogens is 1. The van der Waals surface area contributed by atoms with Crippen LogP contribution in [0.4, 0.5) is 11.5 Å². The van der Waals surface area contributed by atoms with Gasteiger partial charge in [-0.2, -0.15) is 5.10 Å². The van der Waals surface area contributed by atoms with E-state index in [0.29, 0.717) is 12.4 Å². The Kier molecular flexibility index (Phi) is 6.40. The number of benzene rings is 1. The van der Waals surface area contributed by atoms with Gasteiger partial charge in [0.25, 0.3) is 0 Å². The van der Waals surface area contributed by atoms with Gasteiger partial charge >= 0.3 is 11.7 Å². The fourth-order valence-corrected chi connectivity index (χ4v) is 1.79. The summed E-state index contributed by atoms with van der Waals surface area (Å²) >= 11 is 0. The molecule has 0 aliphatic heterocycles. The molecule has 0 unspecified atom stereocenters. The molecule has 0 fully saturated rings. The van der Waals surface area contributed by atoms with Crippen LogP contribution in [-0.4, -0.2) is 35.3 Å². The molecular formula is C16H16N4O5. The maximum atomic E-state index is 11.2. The first-order chi connectivity index (χ1) is 12.1. The van der Waals surface area contributed by atoms with E-state index in [2.05, 4.69) is 15.5 Å². The standard InChI is InChI=1S/C16H16N4O5/c1-2-24-15(21)11-25-13-7-5-12(6-8-13)10-18-19-16-14(20(22)23)4-3-9-17-16/h3-10H,2,11H2,1H3,(H,17,19)/b18-10-. The number of carbonyl (C=O) groups is 1. The van der Waals surface area contributed by atoms with Gasteiger partial charge in [-0.1, -0.05) is 0 Å². The van der Waals surface area contributed by atoms with Crippen molar-refractivity contribution in [2.75, 3.05) is 18.6 Å². The van der Waals surface area contributed by atoms with Crippen LogP contribution in [0.15, 0.2) is 47.7 Å². The van der Waals surface area contributed by atoms with Crippen LogP contribution in [0.3, 0.4) is 0 Å². The smallest absolute Gasteiger partial charge is 0.344 e. The van der Waals surface area contributed by atoms with Crippen molar-refractivity contribution in [2.24, 2.45) is 5.10 Å². The zero-order valence-corrected chi connectivity index (χ0v) is 13.4. The number of carbonyl (C=O) groups excluding carboxylic acids is 1. The van der Waals surface area contributed by atoms with Gasteiger partial charge in [-0.25, -0.2) is 9.78 Å². The largest absolute Gasteiger partial charge is 0.482 e. The van der Waals surface area contributed by atoms with Crippen LogP contribution in [0.5, 0.6) is 5.75 Å². The fourth-order valence-electron chi connectivity index (χ4n) is 1.79. The zero-order chi connectivity index (χ0) is 18.1. The van der Waals surface area contributed by atoms with Gasteiger partial charge in [0.15, 0.2) is 6.61 Å². The van der Waals surface area contributed by atoms with Crippen molar-refractivity contribution in [3.05, 3.63) is 58.3 Å². The predicted octanol–water partition coefficient (Wildman–Crippen LogP) is 2.38. The second kappa shape index (κ2) is 8.96. The fraction of sp³-hybridized carbons (Fsp3) is 0.188. The van der Waals surface area contributed by atoms with Crippen molar-refractivity contribution in [1.29, 1.82) is 0 Å². The average molecular weight is 344 g/mol. The molecule has 0 spiro atoms. The zero-order valence-electron chi connectivity index (χ0n) is 13.4. The molecule has 0 bridgehead atoms. The number of rotatable bonds is 8. The lowest BCUT2D eigenvalue weighted by atomic mass is 10.2. The van der Waals surface area contributed by atoms with Gasteiger partial charge in [0, 0.05) is 12.3 Å². The predicted molar refractivity (Wildman–Crippen MR) is 90.7 cm³/mol. The van der Waals surface area contributed by atoms with Gasteiger partial charge in [-0.3, -0.25) is 15.5 Å². The number of esters is 1. The number of nitrogens with one attached hydrogen (secondary N) is 1. The molecule has 130 valence electrons. The van der Waals surface area contributed by atoms with Crippen molar-refractivity contribution in [2.45, 2.75) is 6.92 Å². The lowest BCUT2D eigenvalue weighted by Crippen LogP contribution is -2.14. The summed E-state index contributed by atoms with van der Waals surface area (Å²) in [5, 5.41) is 14.8. The third-order valence-electron chi connectivity index (χ3n) is 2.91. The van der Waals surface area contributed by atoms with E-state index < -0.39 is 10.9 Å². The Balaban J connectivity index is 1.92. The first kappa shape index (κ1) is 17.9. The van der Waals surface area contributed by atoms with Crippen LogP contribution in [0.2, 0.25) is 0 Å². The first-order valence-corrected chi connectivity index (χ1v) is 7.37. The second-order valence-electron chi connectivity index (χ2n) is 4.66. The van der Waals surface area contributed by atoms with Gasteiger partial charge in [-0.05, 0) is 42.8 Å². The third kappa shape index (κ3) is 5.57. The number of hydrogen-bond donors (Lipinski definition) is 1. The summed E-state index contributed by atoms with van der Waals surface area (Å²) in [4.78, 5) is 25.4. The third-order valence-corrected chi connectivity index (χ3v) is 2.91. The molecule has 2 aromatic rings. The highest BCUT2D eigenvalue weighted by molar-refractivity contribution is 5.80. The van der Waals surface area contributed by atoms with Crippen LogP contribution in [0.25, 0.3) is 0 Å². The maximum Gasteiger partial charge on any atom is 0.344 e. The van der Waals surface area contributed by atoms with Crippen molar-refractivity contribution in [1.82, 2.24) is 4.98 Å². The van der Waals surface area contributed by atoms with E-state index in [9.17, 15) is 14.9 Å². The van der Waals surface area contributed by atoms with Gasteiger partial charge in [0.1, 0.15) is 5.75 Å². The van der Waals surface area contributed by atoms with Crippen LogP contribution < -0.4 is 10.2 Å². The molecule has 1 aromatic heterocycles. The Morgan fingerprint density at radius 3 is 2.80 bits per heavy atom. The van der Waals surface area contributed by atoms with Gasteiger partial charge in [-0.15, -0.1) is 0 Å². The van der Waals surface area contributed by atoms with Crippen LogP contribution in [0.1, 0.15) is 12.5 Å². The van der Waals surface area contributed by atoms with Crippen LogP contribution in [0, 0.1) is 10.1 Å². The molecule has 1 N–H and O–H groups in total. The highest BCUT2D eigenvalue weighted by atomic mass is 16.6. The van der Waals surface area contributed by atoms with Gasteiger partial charge in [0.2, 0.25) is 5.82 Å². The summed E-state index contributed by atoms with van der Waals surface area (Å²) < 4.78 is 10.0. The number of nitro groups is 1. The molecule has 9 nitrogen and oxygen atoms in total. The molecule has 0 aliphatic carbocycles. The summed E-state index contributed by atoms with van der Waals surface area (Å²) in [7, 11) is 0. The Morgan fingerprint density at radius 2 is 2.12 bits per heavy atom. The molecule has 9 heteroatoms. The quantitative estimate of drug-likeness (QED) is 0.338. The second-order valence-corrected chi connectivity index (χ2v) is 4.66. The Bertz CT molecular complexity index is 761. The molecule has 1 aromatic carbocycles. The highest BCUT2D eigenvalue weighted by Gasteiger charge is 2.12. The van der Waals surface area contributed by atoms with Crippen LogP contribution in [-0.2, 0) is 9.53 Å². The highest BCUT2D eigenvalue weighted by Crippen LogP contribution is 2.20. The SMILES string of the molecule is CCOC(=O)COc1ccc(/C=N\Nc2ncccc2[N+](=O)[O-])cc1. The lowest BCUT2D eigenvalue weighted by Gasteiger charge is -2.05. The Morgan fingerprint density at radius 1 is 1.36 bits per heavy atom. The van der Waals surface area contributed by atoms with E-state index in [0.717, 1.165) is 5.56 Å². The van der Waals surface area contributed by atoms with E-state index >= 15 is 0 Å². The average Bonchev–Trinajstić information content (AvgIpc) is 2.61. The molecule has 0 saturated heterocycles. The topological polar surface area (TPSA) is 116 Å². The van der Waals surface area contributed by atoms with E-state index in [-0.39, 0.29) is 18.1 Å². The first-order valence-electron chi connectivity index (χ1n) is 7.37. The molecule has 2 rings (SSSR count). The Labute approximate surface area is 143 Å². The van der Waals surface area contributed by atoms with Crippen LogP contribution >= 0.6 is 0 Å². The molecule has 0 aliphatic rings. The minimum Gasteiger partial charge on any atom is -0.482 e. The number of hydrazone groups is 1. The number of hydrogen-bond acceptors (Lipinski definition) is 8. The summed E-state index contributed by atoms with van der Waals surface area (Å²) in [5.74, 6) is 0.131. The minimum absolute atomic E-state index is 0.0538.